The van der Waals surface area contributed by atoms with Crippen LogP contribution in [0.4, 0.5) is 0 Å². The van der Waals surface area contributed by atoms with E-state index in [1.54, 1.807) is 0 Å². The summed E-state index contributed by atoms with van der Waals surface area (Å²) in [6.07, 6.45) is 10.7. The molecule has 0 saturated heterocycles. The van der Waals surface area contributed by atoms with Crippen LogP contribution in [0.3, 0.4) is 0 Å². The molecule has 0 saturated carbocycles. The zero-order chi connectivity index (χ0) is 8.10. The highest BCUT2D eigenvalue weighted by atomic mass is 16.1. The standard InChI is InChI=1S/C10H14O/c1-2-9(8-11)10-6-4-3-5-7-10/h2,4,6,8,10H,3,5,7H2,1H3/t10-/m0/s1. The number of carbonyl (C=O) groups excluding carboxylic acids is 1. The minimum Gasteiger partial charge on any atom is -0.298 e. The van der Waals surface area contributed by atoms with Crippen LogP contribution in [0.1, 0.15) is 26.2 Å². The second kappa shape index (κ2) is 4.12. The maximum atomic E-state index is 10.5. The summed E-state index contributed by atoms with van der Waals surface area (Å²) < 4.78 is 0. The number of allylic oxidation sites excluding steroid dienone is 4. The lowest BCUT2D eigenvalue weighted by Crippen LogP contribution is -2.05. The van der Waals surface area contributed by atoms with Gasteiger partial charge in [-0.05, 0) is 31.8 Å². The molecule has 1 nitrogen and oxygen atoms in total. The van der Waals surface area contributed by atoms with E-state index < -0.39 is 0 Å². The molecule has 0 fully saturated rings. The summed E-state index contributed by atoms with van der Waals surface area (Å²) in [5.74, 6) is 0.395. The average Bonchev–Trinajstić information content (AvgIpc) is 2.09. The zero-order valence-corrected chi connectivity index (χ0v) is 6.92. The van der Waals surface area contributed by atoms with E-state index in [0.717, 1.165) is 18.3 Å². The third-order valence-electron chi connectivity index (χ3n) is 2.15. The van der Waals surface area contributed by atoms with Gasteiger partial charge in [-0.1, -0.05) is 18.2 Å². The lowest BCUT2D eigenvalue weighted by Gasteiger charge is -2.15. The van der Waals surface area contributed by atoms with Crippen LogP contribution in [0, 0.1) is 5.92 Å². The van der Waals surface area contributed by atoms with Gasteiger partial charge in [0.25, 0.3) is 0 Å². The summed E-state index contributed by atoms with van der Waals surface area (Å²) >= 11 is 0. The third kappa shape index (κ3) is 2.04. The Labute approximate surface area is 67.8 Å². The molecule has 0 aliphatic heterocycles. The van der Waals surface area contributed by atoms with E-state index in [1.165, 1.54) is 12.8 Å². The third-order valence-corrected chi connectivity index (χ3v) is 2.15. The molecule has 1 aliphatic carbocycles. The average molecular weight is 150 g/mol. The summed E-state index contributed by atoms with van der Waals surface area (Å²) in [5.41, 5.74) is 0.931. The first-order valence-electron chi connectivity index (χ1n) is 4.16. The number of carbonyl (C=O) groups is 1. The van der Waals surface area contributed by atoms with Crippen molar-refractivity contribution in [3.8, 4) is 0 Å². The topological polar surface area (TPSA) is 17.1 Å². The lowest BCUT2D eigenvalue weighted by molar-refractivity contribution is -0.105. The first kappa shape index (κ1) is 8.25. The highest BCUT2D eigenvalue weighted by Crippen LogP contribution is 2.22. The van der Waals surface area contributed by atoms with Crippen LogP contribution < -0.4 is 0 Å². The van der Waals surface area contributed by atoms with Crippen molar-refractivity contribution in [2.24, 2.45) is 5.92 Å². The molecule has 0 unspecified atom stereocenters. The van der Waals surface area contributed by atoms with Crippen LogP contribution in [0.15, 0.2) is 23.8 Å². The predicted molar refractivity (Wildman–Crippen MR) is 46.3 cm³/mol. The van der Waals surface area contributed by atoms with Gasteiger partial charge >= 0.3 is 0 Å². The molecule has 1 aliphatic rings. The molecule has 0 amide bonds. The fourth-order valence-electron chi connectivity index (χ4n) is 1.46. The minimum atomic E-state index is 0.395. The highest BCUT2D eigenvalue weighted by molar-refractivity contribution is 5.74. The summed E-state index contributed by atoms with van der Waals surface area (Å²) in [6.45, 7) is 1.92. The largest absolute Gasteiger partial charge is 0.298 e. The lowest BCUT2D eigenvalue weighted by atomic mass is 9.90. The molecular weight excluding hydrogens is 136 g/mol. The van der Waals surface area contributed by atoms with Gasteiger partial charge in [0.2, 0.25) is 0 Å². The van der Waals surface area contributed by atoms with Crippen molar-refractivity contribution in [3.05, 3.63) is 23.8 Å². The Balaban J connectivity index is 2.64. The van der Waals surface area contributed by atoms with E-state index in [4.69, 9.17) is 0 Å². The number of rotatable bonds is 2. The van der Waals surface area contributed by atoms with Gasteiger partial charge in [-0.15, -0.1) is 0 Å². The van der Waals surface area contributed by atoms with Crippen molar-refractivity contribution in [2.75, 3.05) is 0 Å². The second-order valence-electron chi connectivity index (χ2n) is 2.87. The molecule has 1 heteroatoms. The molecule has 1 rings (SSSR count). The Bertz CT molecular complexity index is 189. The normalized spacial score (nSPS) is 25.2. The molecule has 0 aromatic carbocycles. The molecule has 0 heterocycles. The Hall–Kier alpha value is -0.850. The van der Waals surface area contributed by atoms with Gasteiger partial charge in [-0.2, -0.15) is 0 Å². The van der Waals surface area contributed by atoms with Gasteiger partial charge in [0.1, 0.15) is 6.29 Å². The molecule has 0 aromatic heterocycles. The first-order valence-corrected chi connectivity index (χ1v) is 4.16. The van der Waals surface area contributed by atoms with E-state index >= 15 is 0 Å². The van der Waals surface area contributed by atoms with E-state index in [2.05, 4.69) is 12.2 Å². The van der Waals surface area contributed by atoms with Gasteiger partial charge in [0.15, 0.2) is 0 Å². The van der Waals surface area contributed by atoms with Crippen molar-refractivity contribution in [1.82, 2.24) is 0 Å². The Morgan fingerprint density at radius 1 is 1.64 bits per heavy atom. The predicted octanol–water partition coefficient (Wildman–Crippen LogP) is 2.49. The SMILES string of the molecule is CC=C(C=O)[C@H]1C=CCCC1. The van der Waals surface area contributed by atoms with Gasteiger partial charge in [0, 0.05) is 5.92 Å². The fourth-order valence-corrected chi connectivity index (χ4v) is 1.46. The second-order valence-corrected chi connectivity index (χ2v) is 2.87. The molecule has 0 aromatic rings. The maximum Gasteiger partial charge on any atom is 0.146 e. The summed E-state index contributed by atoms with van der Waals surface area (Å²) in [5, 5.41) is 0. The quantitative estimate of drug-likeness (QED) is 0.336. The van der Waals surface area contributed by atoms with Crippen molar-refractivity contribution in [1.29, 1.82) is 0 Å². The number of hydrogen-bond acceptors (Lipinski definition) is 1. The summed E-state index contributed by atoms with van der Waals surface area (Å²) in [6, 6.07) is 0. The number of aldehydes is 1. The molecular formula is C10H14O. The minimum absolute atomic E-state index is 0.395. The van der Waals surface area contributed by atoms with Crippen LogP contribution in [-0.4, -0.2) is 6.29 Å². The molecule has 0 N–H and O–H groups in total. The van der Waals surface area contributed by atoms with Gasteiger partial charge in [-0.25, -0.2) is 0 Å². The summed E-state index contributed by atoms with van der Waals surface area (Å²) in [7, 11) is 0. The van der Waals surface area contributed by atoms with E-state index in [9.17, 15) is 4.79 Å². The maximum absolute atomic E-state index is 10.5. The monoisotopic (exact) mass is 150 g/mol. The fraction of sp³-hybridized carbons (Fsp3) is 0.500. The molecule has 0 spiro atoms. The molecule has 60 valence electrons. The first-order chi connectivity index (χ1) is 5.38. The van der Waals surface area contributed by atoms with Gasteiger partial charge < -0.3 is 0 Å². The Morgan fingerprint density at radius 3 is 2.91 bits per heavy atom. The summed E-state index contributed by atoms with van der Waals surface area (Å²) in [4.78, 5) is 10.5. The highest BCUT2D eigenvalue weighted by Gasteiger charge is 2.11. The van der Waals surface area contributed by atoms with Crippen LogP contribution in [-0.2, 0) is 4.79 Å². The Morgan fingerprint density at radius 2 is 2.45 bits per heavy atom. The van der Waals surface area contributed by atoms with E-state index in [1.807, 2.05) is 13.0 Å². The van der Waals surface area contributed by atoms with Crippen LogP contribution in [0.2, 0.25) is 0 Å². The van der Waals surface area contributed by atoms with Gasteiger partial charge in [0.05, 0.1) is 0 Å². The Kier molecular flexibility index (Phi) is 3.09. The van der Waals surface area contributed by atoms with Crippen LogP contribution in [0.25, 0.3) is 0 Å². The van der Waals surface area contributed by atoms with Crippen molar-refractivity contribution in [2.45, 2.75) is 26.2 Å². The van der Waals surface area contributed by atoms with Crippen molar-refractivity contribution < 1.29 is 4.79 Å². The van der Waals surface area contributed by atoms with Crippen LogP contribution in [0.5, 0.6) is 0 Å². The van der Waals surface area contributed by atoms with E-state index in [0.29, 0.717) is 5.92 Å². The zero-order valence-electron chi connectivity index (χ0n) is 6.92. The van der Waals surface area contributed by atoms with Crippen molar-refractivity contribution in [3.63, 3.8) is 0 Å². The van der Waals surface area contributed by atoms with Crippen LogP contribution >= 0.6 is 0 Å². The smallest absolute Gasteiger partial charge is 0.146 e. The number of hydrogen-bond donors (Lipinski definition) is 0. The molecule has 1 atom stereocenters. The molecule has 0 radical (unpaired) electrons. The molecule has 11 heavy (non-hydrogen) atoms. The van der Waals surface area contributed by atoms with Gasteiger partial charge in [-0.3, -0.25) is 4.79 Å². The molecule has 0 bridgehead atoms. The van der Waals surface area contributed by atoms with E-state index in [-0.39, 0.29) is 0 Å². The van der Waals surface area contributed by atoms with Crippen molar-refractivity contribution >= 4 is 6.29 Å².